The third-order valence-corrected chi connectivity index (χ3v) is 12.9. The number of halogens is 4. The summed E-state index contributed by atoms with van der Waals surface area (Å²) in [7, 11) is -3.89. The van der Waals surface area contributed by atoms with E-state index in [0.29, 0.717) is 43.2 Å². The number of Topliss-reactive ketones (excluding diaryl/α,β-unsaturated/α-hetero) is 1. The van der Waals surface area contributed by atoms with Crippen LogP contribution in [-0.2, 0) is 42.2 Å². The molecule has 3 amide bonds. The molecule has 0 bridgehead atoms. The highest BCUT2D eigenvalue weighted by Crippen LogP contribution is 2.57. The summed E-state index contributed by atoms with van der Waals surface area (Å²) in [5.41, 5.74) is -0.292. The first-order chi connectivity index (χ1) is 24.2. The number of rotatable bonds is 8. The van der Waals surface area contributed by atoms with Crippen LogP contribution in [0, 0.1) is 23.1 Å². The number of nitrogens with one attached hydrogen (secondary N) is 1. The van der Waals surface area contributed by atoms with Crippen molar-refractivity contribution in [2.24, 2.45) is 17.3 Å². The number of allylic oxidation sites excluding steroid dienone is 2. The lowest BCUT2D eigenvalue weighted by Crippen LogP contribution is -2.46. The molecule has 15 heteroatoms. The molecule has 3 fully saturated rings. The number of carbonyl (C=O) groups excluding carboxylic acids is 4. The molecule has 1 saturated heterocycles. The predicted molar refractivity (Wildman–Crippen MR) is 177 cm³/mol. The number of amides is 3. The van der Waals surface area contributed by atoms with Gasteiger partial charge in [-0.05, 0) is 68.9 Å². The number of unbranched alkanes of at least 4 members (excludes halogenated alkanes) is 1. The van der Waals surface area contributed by atoms with Crippen LogP contribution in [0.4, 0.5) is 22.4 Å². The summed E-state index contributed by atoms with van der Waals surface area (Å²) in [4.78, 5) is 58.0. The second-order valence-corrected chi connectivity index (χ2v) is 16.9. The first-order valence-electron chi connectivity index (χ1n) is 18.0. The number of ether oxygens (including phenoxy) is 1. The fourth-order valence-corrected chi connectivity index (χ4v) is 9.23. The standard InChI is InChI=1S/C36H45F4N3O7S/c37-29-13-8-11-24-20-42(22-28(24)29)34(47)50-26-17-30-31(44)19-35(33(46)41-51(48,49)27-14-15-27)18-25(35)12-5-3-1-2-4-9-23(32(45)43(30)21-26)10-6-7-16-36(38,39)40/h5,8,11-13,23,25-27,30H,1-4,6-7,9-10,14-22H2,(H,41,46)/b12-5-/t23-,25-,26-,30+,35-/m1/s1. The van der Waals surface area contributed by atoms with E-state index in [9.17, 15) is 45.2 Å². The topological polar surface area (TPSA) is 130 Å². The minimum Gasteiger partial charge on any atom is -0.444 e. The number of carbonyl (C=O) groups is 4. The number of hydrogen-bond acceptors (Lipinski definition) is 7. The third kappa shape index (κ3) is 8.77. The van der Waals surface area contributed by atoms with Crippen LogP contribution in [0.2, 0.25) is 0 Å². The van der Waals surface area contributed by atoms with Crippen LogP contribution < -0.4 is 4.72 Å². The maximum Gasteiger partial charge on any atom is 0.410 e. The van der Waals surface area contributed by atoms with Crippen LogP contribution in [-0.4, -0.2) is 72.0 Å². The van der Waals surface area contributed by atoms with Gasteiger partial charge in [-0.15, -0.1) is 0 Å². The first kappa shape index (κ1) is 37.3. The molecule has 2 aliphatic carbocycles. The number of fused-ring (bicyclic) bond motifs is 3. The normalized spacial score (nSPS) is 29.3. The molecule has 6 rings (SSSR count). The highest BCUT2D eigenvalue weighted by Gasteiger charge is 2.61. The molecule has 3 aliphatic heterocycles. The van der Waals surface area contributed by atoms with Gasteiger partial charge in [0.1, 0.15) is 11.9 Å². The van der Waals surface area contributed by atoms with Crippen molar-refractivity contribution < 1.29 is 49.9 Å². The SMILES string of the molecule is O=C1C[C@]2(C(=O)NS(=O)(=O)C3CC3)C[C@H]2/C=C\CCCCC[C@H](CCCCC(F)(F)F)C(=O)N2C[C@H](OC(=O)N3Cc4cccc(F)c4C3)C[C@@H]12. The van der Waals surface area contributed by atoms with Crippen molar-refractivity contribution in [1.82, 2.24) is 14.5 Å². The minimum absolute atomic E-state index is 0.00509. The van der Waals surface area contributed by atoms with Gasteiger partial charge in [0.05, 0.1) is 29.8 Å². The highest BCUT2D eigenvalue weighted by atomic mass is 32.2. The van der Waals surface area contributed by atoms with Crippen molar-refractivity contribution in [3.05, 3.63) is 47.3 Å². The number of benzene rings is 1. The Bertz CT molecular complexity index is 1660. The monoisotopic (exact) mass is 739 g/mol. The Morgan fingerprint density at radius 1 is 1.04 bits per heavy atom. The molecule has 0 spiro atoms. The molecule has 1 aromatic rings. The van der Waals surface area contributed by atoms with Crippen molar-refractivity contribution >= 4 is 33.7 Å². The number of sulfonamides is 1. The molecule has 5 aliphatic rings. The lowest BCUT2D eigenvalue weighted by atomic mass is 9.90. The molecule has 10 nitrogen and oxygen atoms in total. The second-order valence-electron chi connectivity index (χ2n) is 14.9. The van der Waals surface area contributed by atoms with E-state index in [2.05, 4.69) is 4.72 Å². The maximum atomic E-state index is 14.4. The van der Waals surface area contributed by atoms with Crippen molar-refractivity contribution in [2.45, 2.75) is 127 Å². The van der Waals surface area contributed by atoms with Crippen LogP contribution in [0.5, 0.6) is 0 Å². The van der Waals surface area contributed by atoms with Gasteiger partial charge in [0, 0.05) is 37.3 Å². The van der Waals surface area contributed by atoms with E-state index in [-0.39, 0.29) is 64.1 Å². The van der Waals surface area contributed by atoms with E-state index in [0.717, 1.165) is 12.8 Å². The largest absolute Gasteiger partial charge is 0.444 e. The zero-order valence-electron chi connectivity index (χ0n) is 28.5. The first-order valence-corrected chi connectivity index (χ1v) is 19.6. The third-order valence-electron chi connectivity index (χ3n) is 11.0. The molecule has 1 N–H and O–H groups in total. The predicted octanol–water partition coefficient (Wildman–Crippen LogP) is 6.08. The zero-order chi connectivity index (χ0) is 36.6. The Balaban J connectivity index is 1.22. The van der Waals surface area contributed by atoms with E-state index in [1.165, 1.54) is 15.9 Å². The van der Waals surface area contributed by atoms with Crippen molar-refractivity contribution in [2.75, 3.05) is 6.54 Å². The molecular weight excluding hydrogens is 694 g/mol. The molecule has 51 heavy (non-hydrogen) atoms. The number of ketones is 1. The summed E-state index contributed by atoms with van der Waals surface area (Å²) in [6, 6.07) is 3.48. The Labute approximate surface area is 295 Å². The van der Waals surface area contributed by atoms with E-state index < -0.39 is 80.9 Å². The van der Waals surface area contributed by atoms with E-state index in [1.807, 2.05) is 12.2 Å². The summed E-state index contributed by atoms with van der Waals surface area (Å²) in [6.07, 6.45) is 1.13. The Hall–Kier alpha value is -3.49. The van der Waals surface area contributed by atoms with Crippen molar-refractivity contribution in [3.8, 4) is 0 Å². The number of nitrogens with zero attached hydrogens (tertiary/aromatic N) is 2. The number of alkyl halides is 3. The summed E-state index contributed by atoms with van der Waals surface area (Å²) >= 11 is 0. The van der Waals surface area contributed by atoms with Gasteiger partial charge in [0.15, 0.2) is 5.78 Å². The number of hydrogen-bond donors (Lipinski definition) is 1. The van der Waals surface area contributed by atoms with E-state index >= 15 is 0 Å². The summed E-state index contributed by atoms with van der Waals surface area (Å²) in [5.74, 6) is -3.11. The second kappa shape index (κ2) is 14.9. The van der Waals surface area contributed by atoms with Crippen LogP contribution in [0.3, 0.4) is 0 Å². The molecule has 3 heterocycles. The van der Waals surface area contributed by atoms with Crippen LogP contribution in [0.15, 0.2) is 30.4 Å². The molecule has 0 radical (unpaired) electrons. The van der Waals surface area contributed by atoms with Gasteiger partial charge in [0.25, 0.3) is 0 Å². The van der Waals surface area contributed by atoms with E-state index in [1.54, 1.807) is 12.1 Å². The van der Waals surface area contributed by atoms with E-state index in [4.69, 9.17) is 4.74 Å². The lowest BCUT2D eigenvalue weighted by molar-refractivity contribution is -0.142. The van der Waals surface area contributed by atoms with Crippen molar-refractivity contribution in [1.29, 1.82) is 0 Å². The Morgan fingerprint density at radius 2 is 1.82 bits per heavy atom. The molecule has 0 unspecified atom stereocenters. The maximum absolute atomic E-state index is 14.4. The molecule has 5 atom stereocenters. The summed E-state index contributed by atoms with van der Waals surface area (Å²) in [5, 5.41) is -0.644. The Kier molecular flexibility index (Phi) is 10.9. The van der Waals surface area contributed by atoms with Gasteiger partial charge in [-0.25, -0.2) is 17.6 Å². The molecule has 280 valence electrons. The fraction of sp³-hybridized carbons (Fsp3) is 0.667. The van der Waals surface area contributed by atoms with Gasteiger partial charge < -0.3 is 9.64 Å². The van der Waals surface area contributed by atoms with Gasteiger partial charge in [-0.2, -0.15) is 13.2 Å². The molecular formula is C36H45F4N3O7S. The quantitative estimate of drug-likeness (QED) is 0.194. The van der Waals surface area contributed by atoms with Gasteiger partial charge in [-0.3, -0.25) is 24.0 Å². The smallest absolute Gasteiger partial charge is 0.410 e. The van der Waals surface area contributed by atoms with Gasteiger partial charge >= 0.3 is 12.3 Å². The van der Waals surface area contributed by atoms with Crippen LogP contribution >= 0.6 is 0 Å². The average Bonchev–Trinajstić information content (AvgIpc) is 3.94. The lowest BCUT2D eigenvalue weighted by Gasteiger charge is -2.29. The fourth-order valence-electron chi connectivity index (χ4n) is 7.84. The molecule has 2 saturated carbocycles. The van der Waals surface area contributed by atoms with Gasteiger partial charge in [0.2, 0.25) is 21.8 Å². The van der Waals surface area contributed by atoms with Crippen molar-refractivity contribution in [3.63, 3.8) is 0 Å². The Morgan fingerprint density at radius 3 is 2.55 bits per heavy atom. The highest BCUT2D eigenvalue weighted by molar-refractivity contribution is 7.90. The zero-order valence-corrected chi connectivity index (χ0v) is 29.3. The average molecular weight is 740 g/mol. The van der Waals surface area contributed by atoms with Gasteiger partial charge in [-0.1, -0.05) is 43.5 Å². The minimum atomic E-state index is -4.31. The molecule has 0 aromatic heterocycles. The van der Waals surface area contributed by atoms with Crippen LogP contribution in [0.1, 0.15) is 101 Å². The summed E-state index contributed by atoms with van der Waals surface area (Å²) in [6.45, 7) is -0.0113. The summed E-state index contributed by atoms with van der Waals surface area (Å²) < 4.78 is 86.5. The van der Waals surface area contributed by atoms with Crippen LogP contribution in [0.25, 0.3) is 0 Å². The molecule has 1 aromatic carbocycles.